The normalized spacial score (nSPS) is 11.8. The summed E-state index contributed by atoms with van der Waals surface area (Å²) in [6.07, 6.45) is 0. The molecule has 0 spiro atoms. The first-order chi connectivity index (χ1) is 23.3. The molecular weight excluding hydrogens is 576 g/mol. The summed E-state index contributed by atoms with van der Waals surface area (Å²) in [5, 5.41) is 4.31. The fourth-order valence-corrected chi connectivity index (χ4v) is 6.92. The molecule has 3 heterocycles. The molecule has 0 aliphatic carbocycles. The van der Waals surface area contributed by atoms with Crippen LogP contribution >= 0.6 is 0 Å². The van der Waals surface area contributed by atoms with Crippen LogP contribution in [-0.2, 0) is 0 Å². The van der Waals surface area contributed by atoms with E-state index in [1.165, 1.54) is 0 Å². The molecule has 0 amide bonds. The topological polar surface area (TPSA) is 44.1 Å². The van der Waals surface area contributed by atoms with Crippen molar-refractivity contribution in [2.24, 2.45) is 0 Å². The lowest BCUT2D eigenvalue weighted by Gasteiger charge is -2.11. The molecule has 0 atom stereocenters. The van der Waals surface area contributed by atoms with Crippen molar-refractivity contribution in [3.63, 3.8) is 0 Å². The van der Waals surface area contributed by atoms with Crippen LogP contribution in [0.15, 0.2) is 167 Å². The lowest BCUT2D eigenvalue weighted by atomic mass is 9.97. The van der Waals surface area contributed by atoms with Gasteiger partial charge in [-0.15, -0.1) is 0 Å². The van der Waals surface area contributed by atoms with Gasteiger partial charge in [0.2, 0.25) is 0 Å². The third-order valence-electron chi connectivity index (χ3n) is 9.22. The van der Waals surface area contributed by atoms with E-state index in [0.29, 0.717) is 0 Å². The number of hydrogen-bond acceptors (Lipinski definition) is 3. The molecule has 0 saturated heterocycles. The summed E-state index contributed by atoms with van der Waals surface area (Å²) in [4.78, 5) is 5.00. The van der Waals surface area contributed by atoms with Gasteiger partial charge >= 0.3 is 0 Å². The molecule has 0 fully saturated rings. The highest BCUT2D eigenvalue weighted by atomic mass is 16.3. The van der Waals surface area contributed by atoms with Crippen LogP contribution < -0.4 is 0 Å². The Balaban J connectivity index is 1.03. The summed E-state index contributed by atoms with van der Waals surface area (Å²) >= 11 is 0. The van der Waals surface area contributed by atoms with Gasteiger partial charge in [-0.3, -0.25) is 4.57 Å². The molecule has 0 N–H and O–H groups in total. The SMILES string of the molecule is c1ccc(-c2nc3ccccc3n2-c2ccc(-c3cccc(-c4ccc5oc6cc7c(cc6c5c4)oc4ccccc47)c3)cc2)cc1. The van der Waals surface area contributed by atoms with Gasteiger partial charge in [-0.05, 0) is 82.9 Å². The minimum atomic E-state index is 0.867. The van der Waals surface area contributed by atoms with Crippen LogP contribution in [0.5, 0.6) is 0 Å². The Hall–Kier alpha value is -6.39. The van der Waals surface area contributed by atoms with E-state index in [9.17, 15) is 0 Å². The van der Waals surface area contributed by atoms with Gasteiger partial charge in [0.1, 0.15) is 28.2 Å². The second-order valence-corrected chi connectivity index (χ2v) is 12.0. The Bertz CT molecular complexity index is 2780. The van der Waals surface area contributed by atoms with Crippen LogP contribution in [0.2, 0.25) is 0 Å². The maximum absolute atomic E-state index is 6.32. The van der Waals surface area contributed by atoms with Gasteiger partial charge < -0.3 is 8.83 Å². The zero-order valence-electron chi connectivity index (χ0n) is 25.2. The van der Waals surface area contributed by atoms with Crippen LogP contribution in [0.3, 0.4) is 0 Å². The fraction of sp³-hybridized carbons (Fsp3) is 0. The largest absolute Gasteiger partial charge is 0.456 e. The van der Waals surface area contributed by atoms with E-state index < -0.39 is 0 Å². The van der Waals surface area contributed by atoms with Crippen molar-refractivity contribution in [3.8, 4) is 39.3 Å². The smallest absolute Gasteiger partial charge is 0.145 e. The van der Waals surface area contributed by atoms with E-state index in [1.807, 2.05) is 30.3 Å². The number of hydrogen-bond donors (Lipinski definition) is 0. The maximum Gasteiger partial charge on any atom is 0.145 e. The van der Waals surface area contributed by atoms with E-state index in [2.05, 4.69) is 132 Å². The summed E-state index contributed by atoms with van der Waals surface area (Å²) in [6, 6.07) is 55.0. The zero-order valence-corrected chi connectivity index (χ0v) is 25.2. The van der Waals surface area contributed by atoms with Crippen LogP contribution in [-0.4, -0.2) is 9.55 Å². The van der Waals surface area contributed by atoms with Gasteiger partial charge in [0.05, 0.1) is 11.0 Å². The Morgan fingerprint density at radius 2 is 0.979 bits per heavy atom. The molecule has 47 heavy (non-hydrogen) atoms. The molecular formula is C43H26N2O2. The summed E-state index contributed by atoms with van der Waals surface area (Å²) in [5.74, 6) is 0.935. The quantitative estimate of drug-likeness (QED) is 0.201. The maximum atomic E-state index is 6.32. The molecule has 220 valence electrons. The molecule has 0 aliphatic rings. The number of para-hydroxylation sites is 3. The summed E-state index contributed by atoms with van der Waals surface area (Å²) in [7, 11) is 0. The number of nitrogens with zero attached hydrogens (tertiary/aromatic N) is 2. The standard InChI is InChI=1S/C43H26N2O2/c1-2-9-28(10-3-1)43-44-37-14-5-6-15-38(37)45(43)32-20-17-27(18-21-32)29-11-8-12-30(23-29)31-19-22-40-34(24-31)36-26-41-35(25-42(36)47-40)33-13-4-7-16-39(33)46-41/h1-26H. The predicted octanol–water partition coefficient (Wildman–Crippen LogP) is 11.8. The van der Waals surface area contributed by atoms with Gasteiger partial charge in [-0.1, -0.05) is 97.1 Å². The van der Waals surface area contributed by atoms with Gasteiger partial charge in [0, 0.05) is 32.8 Å². The Morgan fingerprint density at radius 1 is 0.383 bits per heavy atom. The molecule has 4 heteroatoms. The average Bonchev–Trinajstić information content (AvgIpc) is 3.82. The van der Waals surface area contributed by atoms with Crippen molar-refractivity contribution in [3.05, 3.63) is 158 Å². The first kappa shape index (κ1) is 25.9. The summed E-state index contributed by atoms with van der Waals surface area (Å²) in [5.41, 5.74) is 12.3. The van der Waals surface area contributed by atoms with Gasteiger partial charge in [-0.25, -0.2) is 4.98 Å². The molecule has 0 radical (unpaired) electrons. The second kappa shape index (κ2) is 10.1. The first-order valence-corrected chi connectivity index (χ1v) is 15.8. The van der Waals surface area contributed by atoms with Crippen LogP contribution in [0.1, 0.15) is 0 Å². The third-order valence-corrected chi connectivity index (χ3v) is 9.22. The number of fused-ring (bicyclic) bond motifs is 7. The van der Waals surface area contributed by atoms with E-state index >= 15 is 0 Å². The highest BCUT2D eigenvalue weighted by Crippen LogP contribution is 2.38. The lowest BCUT2D eigenvalue weighted by molar-refractivity contribution is 0.664. The average molecular weight is 603 g/mol. The fourth-order valence-electron chi connectivity index (χ4n) is 6.92. The minimum Gasteiger partial charge on any atom is -0.456 e. The minimum absolute atomic E-state index is 0.867. The van der Waals surface area contributed by atoms with Crippen LogP contribution in [0, 0.1) is 0 Å². The van der Waals surface area contributed by atoms with Crippen molar-refractivity contribution >= 4 is 54.9 Å². The van der Waals surface area contributed by atoms with Gasteiger partial charge in [-0.2, -0.15) is 0 Å². The van der Waals surface area contributed by atoms with Crippen molar-refractivity contribution in [2.75, 3.05) is 0 Å². The molecule has 3 aromatic heterocycles. The highest BCUT2D eigenvalue weighted by Gasteiger charge is 2.16. The predicted molar refractivity (Wildman–Crippen MR) is 192 cm³/mol. The Morgan fingerprint density at radius 3 is 1.81 bits per heavy atom. The van der Waals surface area contributed by atoms with E-state index in [-0.39, 0.29) is 0 Å². The molecule has 0 bridgehead atoms. The van der Waals surface area contributed by atoms with Crippen LogP contribution in [0.25, 0.3) is 94.2 Å². The molecule has 7 aromatic carbocycles. The number of imidazole rings is 1. The van der Waals surface area contributed by atoms with E-state index in [1.54, 1.807) is 0 Å². The number of rotatable bonds is 4. The van der Waals surface area contributed by atoms with Gasteiger partial charge in [0.25, 0.3) is 0 Å². The second-order valence-electron chi connectivity index (χ2n) is 12.0. The monoisotopic (exact) mass is 602 g/mol. The van der Waals surface area contributed by atoms with Crippen molar-refractivity contribution in [1.82, 2.24) is 9.55 Å². The molecule has 0 saturated carbocycles. The van der Waals surface area contributed by atoms with Crippen molar-refractivity contribution < 1.29 is 8.83 Å². The first-order valence-electron chi connectivity index (χ1n) is 15.8. The van der Waals surface area contributed by atoms with E-state index in [4.69, 9.17) is 13.8 Å². The summed E-state index contributed by atoms with van der Waals surface area (Å²) < 4.78 is 14.8. The van der Waals surface area contributed by atoms with E-state index in [0.717, 1.165) is 94.2 Å². The highest BCUT2D eigenvalue weighted by molar-refractivity contribution is 6.15. The Labute approximate surface area is 269 Å². The molecule has 4 nitrogen and oxygen atoms in total. The van der Waals surface area contributed by atoms with Gasteiger partial charge in [0.15, 0.2) is 0 Å². The summed E-state index contributed by atoms with van der Waals surface area (Å²) in [6.45, 7) is 0. The molecule has 10 aromatic rings. The zero-order chi connectivity index (χ0) is 30.9. The van der Waals surface area contributed by atoms with Crippen molar-refractivity contribution in [1.29, 1.82) is 0 Å². The molecule has 0 aliphatic heterocycles. The Kier molecular flexibility index (Phi) is 5.54. The number of benzene rings is 7. The third kappa shape index (κ3) is 4.12. The number of aromatic nitrogens is 2. The lowest BCUT2D eigenvalue weighted by Crippen LogP contribution is -1.97. The molecule has 0 unspecified atom stereocenters. The number of furan rings is 2. The molecule has 10 rings (SSSR count). The van der Waals surface area contributed by atoms with Crippen LogP contribution in [0.4, 0.5) is 0 Å². The van der Waals surface area contributed by atoms with Crippen molar-refractivity contribution in [2.45, 2.75) is 0 Å².